The summed E-state index contributed by atoms with van der Waals surface area (Å²) in [7, 11) is 0. The Labute approximate surface area is 97.8 Å². The van der Waals surface area contributed by atoms with Gasteiger partial charge in [0.15, 0.2) is 0 Å². The van der Waals surface area contributed by atoms with E-state index in [0.717, 1.165) is 11.0 Å². The third-order valence-corrected chi connectivity index (χ3v) is 2.30. The zero-order valence-corrected chi connectivity index (χ0v) is 9.24. The van der Waals surface area contributed by atoms with Crippen molar-refractivity contribution in [1.29, 1.82) is 0 Å². The number of nitrogens with zero attached hydrogens (tertiary/aromatic N) is 3. The first-order valence-electron chi connectivity index (χ1n) is 5.36. The number of ether oxygens (including phenoxy) is 1. The van der Waals surface area contributed by atoms with Crippen LogP contribution in [0.3, 0.4) is 0 Å². The van der Waals surface area contributed by atoms with Crippen LogP contribution in [0.1, 0.15) is 6.42 Å². The Bertz CT molecular complexity index is 509. The fourth-order valence-corrected chi connectivity index (χ4v) is 1.51. The SMILES string of the molecule is O=C(CCn1nnc2ccccc21)OCCO. The van der Waals surface area contributed by atoms with Gasteiger partial charge in [0.05, 0.1) is 25.1 Å². The number of carbonyl (C=O) groups excluding carboxylic acids is 1. The highest BCUT2D eigenvalue weighted by atomic mass is 16.5. The molecule has 2 rings (SSSR count). The number of hydrogen-bond donors (Lipinski definition) is 1. The number of aliphatic hydroxyl groups excluding tert-OH is 1. The van der Waals surface area contributed by atoms with Crippen molar-refractivity contribution in [2.45, 2.75) is 13.0 Å². The molecule has 0 aliphatic carbocycles. The molecule has 0 bridgehead atoms. The van der Waals surface area contributed by atoms with Crippen molar-refractivity contribution in [2.24, 2.45) is 0 Å². The van der Waals surface area contributed by atoms with Gasteiger partial charge < -0.3 is 9.84 Å². The molecule has 2 aromatic rings. The Kier molecular flexibility index (Phi) is 3.66. The molecular weight excluding hydrogens is 222 g/mol. The predicted molar refractivity (Wildman–Crippen MR) is 60.2 cm³/mol. The Morgan fingerprint density at radius 2 is 2.24 bits per heavy atom. The Hall–Kier alpha value is -1.95. The zero-order valence-electron chi connectivity index (χ0n) is 9.24. The van der Waals surface area contributed by atoms with Gasteiger partial charge in [-0.3, -0.25) is 4.79 Å². The molecule has 0 aliphatic heterocycles. The number of aromatic nitrogens is 3. The smallest absolute Gasteiger partial charge is 0.307 e. The lowest BCUT2D eigenvalue weighted by atomic mass is 10.3. The first-order chi connectivity index (χ1) is 8.31. The summed E-state index contributed by atoms with van der Waals surface area (Å²) in [6.45, 7) is 0.305. The van der Waals surface area contributed by atoms with Gasteiger partial charge >= 0.3 is 5.97 Å². The van der Waals surface area contributed by atoms with Gasteiger partial charge in [0.1, 0.15) is 12.1 Å². The van der Waals surface area contributed by atoms with E-state index in [1.807, 2.05) is 24.3 Å². The predicted octanol–water partition coefficient (Wildman–Crippen LogP) is 0.357. The molecule has 1 aromatic heterocycles. The zero-order chi connectivity index (χ0) is 12.1. The Morgan fingerprint density at radius 3 is 3.06 bits per heavy atom. The van der Waals surface area contributed by atoms with Gasteiger partial charge in [0.25, 0.3) is 0 Å². The van der Waals surface area contributed by atoms with Gasteiger partial charge in [-0.15, -0.1) is 5.10 Å². The molecule has 0 saturated carbocycles. The van der Waals surface area contributed by atoms with Crippen LogP contribution >= 0.6 is 0 Å². The summed E-state index contributed by atoms with van der Waals surface area (Å²) in [5, 5.41) is 16.4. The molecule has 0 aliphatic rings. The third kappa shape index (κ3) is 2.79. The molecule has 1 N–H and O–H groups in total. The second kappa shape index (κ2) is 5.40. The minimum absolute atomic E-state index is 0.0386. The minimum atomic E-state index is -0.348. The number of rotatable bonds is 5. The molecule has 1 aromatic carbocycles. The summed E-state index contributed by atoms with van der Waals surface area (Å²) in [6.07, 6.45) is 0.216. The molecule has 17 heavy (non-hydrogen) atoms. The lowest BCUT2D eigenvalue weighted by molar-refractivity contribution is -0.144. The fourth-order valence-electron chi connectivity index (χ4n) is 1.51. The van der Waals surface area contributed by atoms with Gasteiger partial charge in [-0.1, -0.05) is 17.3 Å². The summed E-state index contributed by atoms with van der Waals surface area (Å²) in [4.78, 5) is 11.2. The van der Waals surface area contributed by atoms with Crippen molar-refractivity contribution >= 4 is 17.0 Å². The lowest BCUT2D eigenvalue weighted by Crippen LogP contribution is -2.12. The maximum Gasteiger partial charge on any atom is 0.307 e. The number of fused-ring (bicyclic) bond motifs is 1. The lowest BCUT2D eigenvalue weighted by Gasteiger charge is -2.03. The second-order valence-electron chi connectivity index (χ2n) is 3.50. The van der Waals surface area contributed by atoms with Crippen molar-refractivity contribution in [3.05, 3.63) is 24.3 Å². The van der Waals surface area contributed by atoms with Gasteiger partial charge in [-0.05, 0) is 12.1 Å². The van der Waals surface area contributed by atoms with E-state index >= 15 is 0 Å². The highest BCUT2D eigenvalue weighted by molar-refractivity contribution is 5.74. The van der Waals surface area contributed by atoms with Crippen LogP contribution < -0.4 is 0 Å². The van der Waals surface area contributed by atoms with Crippen LogP contribution in [-0.4, -0.2) is 39.3 Å². The largest absolute Gasteiger partial charge is 0.463 e. The standard InChI is InChI=1S/C11H13N3O3/c15-7-8-17-11(16)5-6-14-10-4-2-1-3-9(10)12-13-14/h1-4,15H,5-8H2. The van der Waals surface area contributed by atoms with Crippen molar-refractivity contribution < 1.29 is 14.6 Å². The average Bonchev–Trinajstić information content (AvgIpc) is 2.77. The van der Waals surface area contributed by atoms with E-state index in [9.17, 15) is 4.79 Å². The Balaban J connectivity index is 1.97. The summed E-state index contributed by atoms with van der Waals surface area (Å²) in [6, 6.07) is 7.54. The molecular formula is C11H13N3O3. The number of benzene rings is 1. The van der Waals surface area contributed by atoms with Crippen molar-refractivity contribution in [3.8, 4) is 0 Å². The highest BCUT2D eigenvalue weighted by Crippen LogP contribution is 2.09. The monoisotopic (exact) mass is 235 g/mol. The van der Waals surface area contributed by atoms with Crippen LogP contribution in [0, 0.1) is 0 Å². The molecule has 0 spiro atoms. The van der Waals surface area contributed by atoms with Crippen LogP contribution in [0.5, 0.6) is 0 Å². The number of carbonyl (C=O) groups is 1. The number of esters is 1. The number of aryl methyl sites for hydroxylation is 1. The van der Waals surface area contributed by atoms with Gasteiger partial charge in [0.2, 0.25) is 0 Å². The summed E-state index contributed by atoms with van der Waals surface area (Å²) >= 11 is 0. The average molecular weight is 235 g/mol. The number of aliphatic hydroxyl groups is 1. The molecule has 0 atom stereocenters. The van der Waals surface area contributed by atoms with Crippen LogP contribution in [-0.2, 0) is 16.1 Å². The van der Waals surface area contributed by atoms with Gasteiger partial charge in [0, 0.05) is 0 Å². The molecule has 1 heterocycles. The molecule has 90 valence electrons. The fraction of sp³-hybridized carbons (Fsp3) is 0.364. The summed E-state index contributed by atoms with van der Waals surface area (Å²) < 4.78 is 6.41. The van der Waals surface area contributed by atoms with E-state index in [4.69, 9.17) is 9.84 Å². The van der Waals surface area contributed by atoms with Crippen molar-refractivity contribution in [2.75, 3.05) is 13.2 Å². The van der Waals surface area contributed by atoms with Gasteiger partial charge in [-0.2, -0.15) is 0 Å². The number of para-hydroxylation sites is 1. The summed E-state index contributed by atoms with van der Waals surface area (Å²) in [5.41, 5.74) is 1.69. The maximum absolute atomic E-state index is 11.2. The highest BCUT2D eigenvalue weighted by Gasteiger charge is 2.07. The molecule has 6 heteroatoms. The van der Waals surface area contributed by atoms with E-state index in [1.165, 1.54) is 0 Å². The van der Waals surface area contributed by atoms with Crippen LogP contribution in [0.2, 0.25) is 0 Å². The van der Waals surface area contributed by atoms with Crippen LogP contribution in [0.4, 0.5) is 0 Å². The molecule has 0 saturated heterocycles. The first-order valence-corrected chi connectivity index (χ1v) is 5.36. The van der Waals surface area contributed by atoms with Crippen molar-refractivity contribution in [3.63, 3.8) is 0 Å². The van der Waals surface area contributed by atoms with E-state index in [0.29, 0.717) is 6.54 Å². The van der Waals surface area contributed by atoms with Crippen molar-refractivity contribution in [1.82, 2.24) is 15.0 Å². The minimum Gasteiger partial charge on any atom is -0.463 e. The molecule has 0 radical (unpaired) electrons. The van der Waals surface area contributed by atoms with E-state index < -0.39 is 0 Å². The molecule has 6 nitrogen and oxygen atoms in total. The first kappa shape index (κ1) is 11.5. The van der Waals surface area contributed by atoms with E-state index in [-0.39, 0.29) is 25.6 Å². The quantitative estimate of drug-likeness (QED) is 0.757. The molecule has 0 amide bonds. The topological polar surface area (TPSA) is 77.2 Å². The maximum atomic E-state index is 11.2. The third-order valence-electron chi connectivity index (χ3n) is 2.30. The van der Waals surface area contributed by atoms with E-state index in [1.54, 1.807) is 4.68 Å². The van der Waals surface area contributed by atoms with E-state index in [2.05, 4.69) is 10.3 Å². The Morgan fingerprint density at radius 1 is 1.41 bits per heavy atom. The second-order valence-corrected chi connectivity index (χ2v) is 3.50. The molecule has 0 unspecified atom stereocenters. The van der Waals surface area contributed by atoms with Crippen LogP contribution in [0.25, 0.3) is 11.0 Å². The van der Waals surface area contributed by atoms with Gasteiger partial charge in [-0.25, -0.2) is 4.68 Å². The summed E-state index contributed by atoms with van der Waals surface area (Å²) in [5.74, 6) is -0.348. The number of hydrogen-bond acceptors (Lipinski definition) is 5. The molecule has 0 fully saturated rings. The van der Waals surface area contributed by atoms with Crippen LogP contribution in [0.15, 0.2) is 24.3 Å². The normalized spacial score (nSPS) is 10.6.